The lowest BCUT2D eigenvalue weighted by Gasteiger charge is -2.01. The van der Waals surface area contributed by atoms with Gasteiger partial charge >= 0.3 is 0 Å². The maximum atomic E-state index is 12.1. The van der Waals surface area contributed by atoms with Crippen LogP contribution in [0, 0.1) is 6.92 Å². The van der Waals surface area contributed by atoms with Gasteiger partial charge in [0.15, 0.2) is 5.13 Å². The minimum Gasteiger partial charge on any atom is -0.300 e. The van der Waals surface area contributed by atoms with Gasteiger partial charge in [-0.3, -0.25) is 14.9 Å². The van der Waals surface area contributed by atoms with Gasteiger partial charge in [-0.25, -0.2) is 4.98 Å². The van der Waals surface area contributed by atoms with Crippen LogP contribution in [0.15, 0.2) is 29.6 Å². The van der Waals surface area contributed by atoms with Crippen LogP contribution < -0.4 is 10.6 Å². The summed E-state index contributed by atoms with van der Waals surface area (Å²) in [5.41, 5.74) is 1.04. The van der Waals surface area contributed by atoms with Crippen LogP contribution in [0.2, 0.25) is 5.02 Å². The summed E-state index contributed by atoms with van der Waals surface area (Å²) < 4.78 is 0. The molecule has 25 heavy (non-hydrogen) atoms. The summed E-state index contributed by atoms with van der Waals surface area (Å²) in [6, 6.07) is 6.54. The molecule has 2 N–H and O–H groups in total. The van der Waals surface area contributed by atoms with Crippen LogP contribution in [0.1, 0.15) is 21.1 Å². The average molecular weight is 394 g/mol. The molecule has 0 unspecified atom stereocenters. The number of benzene rings is 1. The highest BCUT2D eigenvalue weighted by molar-refractivity contribution is 7.15. The number of rotatable bonds is 5. The zero-order valence-corrected chi connectivity index (χ0v) is 15.3. The van der Waals surface area contributed by atoms with Crippen LogP contribution >= 0.6 is 34.3 Å². The molecule has 2 amide bonds. The summed E-state index contributed by atoms with van der Waals surface area (Å²) in [5, 5.41) is 17.0. The number of halogens is 1. The number of nitrogens with zero attached hydrogens (tertiary/aromatic N) is 3. The number of carbonyl (C=O) groups excluding carboxylic acids is 2. The van der Waals surface area contributed by atoms with Gasteiger partial charge in [0.2, 0.25) is 11.0 Å². The molecule has 1 aromatic carbocycles. The topological polar surface area (TPSA) is 96.9 Å². The molecule has 0 aliphatic heterocycles. The van der Waals surface area contributed by atoms with E-state index in [9.17, 15) is 9.59 Å². The Labute approximate surface area is 156 Å². The highest BCUT2D eigenvalue weighted by Gasteiger charge is 2.12. The lowest BCUT2D eigenvalue weighted by atomic mass is 10.2. The molecule has 7 nitrogen and oxygen atoms in total. The standard InChI is InChI=1S/C15H12ClN5O2S2/c1-8-20-21-15(25-8)18-12(22)6-11-7-24-14(17-11)19-13(23)9-2-4-10(16)5-3-9/h2-5,7H,6H2,1H3,(H,17,19,23)(H,18,21,22). The average Bonchev–Trinajstić information content (AvgIpc) is 3.17. The van der Waals surface area contributed by atoms with E-state index >= 15 is 0 Å². The van der Waals surface area contributed by atoms with Gasteiger partial charge in [0.1, 0.15) is 5.01 Å². The van der Waals surface area contributed by atoms with Crippen molar-refractivity contribution in [1.82, 2.24) is 15.2 Å². The van der Waals surface area contributed by atoms with Crippen molar-refractivity contribution in [2.45, 2.75) is 13.3 Å². The summed E-state index contributed by atoms with van der Waals surface area (Å²) in [4.78, 5) is 28.3. The molecule has 0 saturated carbocycles. The van der Waals surface area contributed by atoms with Crippen LogP contribution in [0.25, 0.3) is 0 Å². The first-order valence-corrected chi connectivity index (χ1v) is 9.18. The van der Waals surface area contributed by atoms with Crippen molar-refractivity contribution in [3.05, 3.63) is 50.9 Å². The molecule has 0 bridgehead atoms. The fraction of sp³-hybridized carbons (Fsp3) is 0.133. The number of hydrogen-bond acceptors (Lipinski definition) is 7. The summed E-state index contributed by atoms with van der Waals surface area (Å²) >= 11 is 8.35. The Kier molecular flexibility index (Phi) is 5.37. The predicted octanol–water partition coefficient (Wildman–Crippen LogP) is 3.39. The van der Waals surface area contributed by atoms with E-state index in [1.165, 1.54) is 22.7 Å². The number of hydrogen-bond donors (Lipinski definition) is 2. The van der Waals surface area contributed by atoms with Crippen molar-refractivity contribution in [2.75, 3.05) is 10.6 Å². The van der Waals surface area contributed by atoms with Crippen molar-refractivity contribution in [2.24, 2.45) is 0 Å². The lowest BCUT2D eigenvalue weighted by Crippen LogP contribution is -2.15. The zero-order valence-electron chi connectivity index (χ0n) is 12.9. The van der Waals surface area contributed by atoms with E-state index in [0.29, 0.717) is 26.5 Å². The molecule has 0 spiro atoms. The SMILES string of the molecule is Cc1nnc(NC(=O)Cc2csc(NC(=O)c3ccc(Cl)cc3)n2)s1. The molecule has 0 saturated heterocycles. The van der Waals surface area contributed by atoms with Gasteiger partial charge in [0.05, 0.1) is 12.1 Å². The second kappa shape index (κ2) is 7.68. The van der Waals surface area contributed by atoms with Gasteiger partial charge in [-0.2, -0.15) is 0 Å². The number of amides is 2. The van der Waals surface area contributed by atoms with Gasteiger partial charge < -0.3 is 5.32 Å². The summed E-state index contributed by atoms with van der Waals surface area (Å²) in [6.07, 6.45) is 0.0892. The molecule has 3 aromatic rings. The summed E-state index contributed by atoms with van der Waals surface area (Å²) in [7, 11) is 0. The van der Waals surface area contributed by atoms with E-state index in [4.69, 9.17) is 11.6 Å². The number of carbonyl (C=O) groups is 2. The largest absolute Gasteiger partial charge is 0.300 e. The molecule has 0 aliphatic carbocycles. The Morgan fingerprint density at radius 3 is 2.56 bits per heavy atom. The first kappa shape index (κ1) is 17.5. The van der Waals surface area contributed by atoms with Crippen LogP contribution in [0.4, 0.5) is 10.3 Å². The van der Waals surface area contributed by atoms with E-state index in [1.54, 1.807) is 29.6 Å². The van der Waals surface area contributed by atoms with E-state index in [0.717, 1.165) is 5.01 Å². The Balaban J connectivity index is 1.57. The minimum absolute atomic E-state index is 0.0892. The van der Waals surface area contributed by atoms with Crippen molar-refractivity contribution >= 4 is 56.4 Å². The first-order valence-electron chi connectivity index (χ1n) is 7.11. The number of aromatic nitrogens is 3. The smallest absolute Gasteiger partial charge is 0.257 e. The molecular formula is C15H12ClN5O2S2. The molecule has 10 heteroatoms. The molecular weight excluding hydrogens is 382 g/mol. The zero-order chi connectivity index (χ0) is 17.8. The minimum atomic E-state index is -0.286. The van der Waals surface area contributed by atoms with E-state index in [2.05, 4.69) is 25.8 Å². The number of anilines is 2. The molecule has 2 aromatic heterocycles. The van der Waals surface area contributed by atoms with Gasteiger partial charge in [-0.05, 0) is 31.2 Å². The highest BCUT2D eigenvalue weighted by Crippen LogP contribution is 2.19. The van der Waals surface area contributed by atoms with Gasteiger partial charge in [0.25, 0.3) is 5.91 Å². The second-order valence-corrected chi connectivity index (χ2v) is 7.43. The van der Waals surface area contributed by atoms with Gasteiger partial charge in [-0.1, -0.05) is 22.9 Å². The molecule has 3 rings (SSSR count). The summed E-state index contributed by atoms with van der Waals surface area (Å²) in [6.45, 7) is 1.81. The van der Waals surface area contributed by atoms with E-state index in [1.807, 2.05) is 6.92 Å². The monoisotopic (exact) mass is 393 g/mol. The third-order valence-electron chi connectivity index (χ3n) is 2.99. The quantitative estimate of drug-likeness (QED) is 0.692. The van der Waals surface area contributed by atoms with E-state index < -0.39 is 0 Å². The molecule has 2 heterocycles. The molecule has 0 radical (unpaired) electrons. The van der Waals surface area contributed by atoms with Crippen molar-refractivity contribution in [3.8, 4) is 0 Å². The number of aryl methyl sites for hydroxylation is 1. The number of nitrogens with one attached hydrogen (secondary N) is 2. The fourth-order valence-electron chi connectivity index (χ4n) is 1.89. The Morgan fingerprint density at radius 2 is 1.88 bits per heavy atom. The maximum Gasteiger partial charge on any atom is 0.257 e. The van der Waals surface area contributed by atoms with Crippen LogP contribution in [0.5, 0.6) is 0 Å². The maximum absolute atomic E-state index is 12.1. The van der Waals surface area contributed by atoms with Crippen molar-refractivity contribution < 1.29 is 9.59 Å². The van der Waals surface area contributed by atoms with Gasteiger partial charge in [-0.15, -0.1) is 21.5 Å². The first-order chi connectivity index (χ1) is 12.0. The predicted molar refractivity (Wildman–Crippen MR) is 98.5 cm³/mol. The Hall–Kier alpha value is -2.36. The molecule has 0 fully saturated rings. The Morgan fingerprint density at radius 1 is 1.12 bits per heavy atom. The summed E-state index contributed by atoms with van der Waals surface area (Å²) in [5.74, 6) is -0.525. The van der Waals surface area contributed by atoms with E-state index in [-0.39, 0.29) is 18.2 Å². The third kappa shape index (κ3) is 4.81. The normalized spacial score (nSPS) is 10.5. The molecule has 0 atom stereocenters. The van der Waals surface area contributed by atoms with Gasteiger partial charge in [0, 0.05) is 16.0 Å². The van der Waals surface area contributed by atoms with Crippen molar-refractivity contribution in [3.63, 3.8) is 0 Å². The van der Waals surface area contributed by atoms with Crippen LogP contribution in [0.3, 0.4) is 0 Å². The molecule has 128 valence electrons. The molecule has 0 aliphatic rings. The lowest BCUT2D eigenvalue weighted by molar-refractivity contribution is -0.115. The van der Waals surface area contributed by atoms with Crippen molar-refractivity contribution in [1.29, 1.82) is 0 Å². The fourth-order valence-corrected chi connectivity index (χ4v) is 3.33. The second-order valence-electron chi connectivity index (χ2n) is 4.96. The number of thiazole rings is 1. The third-order valence-corrected chi connectivity index (χ3v) is 4.81. The Bertz CT molecular complexity index is 907. The van der Waals surface area contributed by atoms with Crippen LogP contribution in [-0.2, 0) is 11.2 Å². The highest BCUT2D eigenvalue weighted by atomic mass is 35.5. The van der Waals surface area contributed by atoms with Crippen LogP contribution in [-0.4, -0.2) is 27.0 Å².